The van der Waals surface area contributed by atoms with Gasteiger partial charge in [-0.05, 0) is 37.1 Å². The summed E-state index contributed by atoms with van der Waals surface area (Å²) in [6.07, 6.45) is 6.09. The van der Waals surface area contributed by atoms with E-state index in [1.54, 1.807) is 35.2 Å². The van der Waals surface area contributed by atoms with Crippen LogP contribution < -0.4 is 10.6 Å². The first-order valence-electron chi connectivity index (χ1n) is 6.98. The summed E-state index contributed by atoms with van der Waals surface area (Å²) in [5, 5.41) is 6.87. The van der Waals surface area contributed by atoms with Gasteiger partial charge in [-0.25, -0.2) is 4.98 Å². The highest BCUT2D eigenvalue weighted by Gasteiger charge is 2.20. The lowest BCUT2D eigenvalue weighted by Gasteiger charge is -2.05. The summed E-state index contributed by atoms with van der Waals surface area (Å²) in [6, 6.07) is 7.70. The molecule has 1 amide bonds. The number of hydrogen-bond donors (Lipinski definition) is 2. The summed E-state index contributed by atoms with van der Waals surface area (Å²) < 4.78 is 1.79. The molecule has 0 unspecified atom stereocenters. The van der Waals surface area contributed by atoms with E-state index in [0.717, 1.165) is 17.9 Å². The van der Waals surface area contributed by atoms with Gasteiger partial charge in [0, 0.05) is 29.5 Å². The van der Waals surface area contributed by atoms with Crippen LogP contribution in [0.5, 0.6) is 0 Å². The van der Waals surface area contributed by atoms with Crippen LogP contribution in [0.25, 0.3) is 0 Å². The van der Waals surface area contributed by atoms with Gasteiger partial charge in [0.05, 0.1) is 12.0 Å². The van der Waals surface area contributed by atoms with Crippen molar-refractivity contribution in [2.75, 3.05) is 5.32 Å². The molecule has 0 radical (unpaired) electrons. The molecule has 5 nitrogen and oxygen atoms in total. The van der Waals surface area contributed by atoms with Crippen LogP contribution in [0.15, 0.2) is 36.8 Å². The SMILES string of the molecule is O=C(Cn1cnc(CNC2CC2)c1)Nc1ccc(Cl)cc1. The van der Waals surface area contributed by atoms with Crippen molar-refractivity contribution in [3.8, 4) is 0 Å². The average Bonchev–Trinajstić information content (AvgIpc) is 3.19. The summed E-state index contributed by atoms with van der Waals surface area (Å²) >= 11 is 5.81. The number of benzene rings is 1. The number of nitrogens with zero attached hydrogens (tertiary/aromatic N) is 2. The minimum absolute atomic E-state index is 0.0866. The van der Waals surface area contributed by atoms with Crippen molar-refractivity contribution < 1.29 is 4.79 Å². The van der Waals surface area contributed by atoms with Crippen LogP contribution in [0.1, 0.15) is 18.5 Å². The zero-order chi connectivity index (χ0) is 14.7. The van der Waals surface area contributed by atoms with E-state index < -0.39 is 0 Å². The van der Waals surface area contributed by atoms with E-state index >= 15 is 0 Å². The molecule has 2 N–H and O–H groups in total. The maximum atomic E-state index is 11.9. The van der Waals surface area contributed by atoms with Gasteiger partial charge in [-0.15, -0.1) is 0 Å². The van der Waals surface area contributed by atoms with Gasteiger partial charge in [0.1, 0.15) is 6.54 Å². The highest BCUT2D eigenvalue weighted by atomic mass is 35.5. The Morgan fingerprint density at radius 3 is 2.81 bits per heavy atom. The van der Waals surface area contributed by atoms with E-state index in [9.17, 15) is 4.79 Å². The molecule has 110 valence electrons. The maximum Gasteiger partial charge on any atom is 0.244 e. The second kappa shape index (κ2) is 6.28. The van der Waals surface area contributed by atoms with Gasteiger partial charge in [-0.1, -0.05) is 11.6 Å². The molecule has 0 aliphatic heterocycles. The number of rotatable bonds is 6. The summed E-state index contributed by atoms with van der Waals surface area (Å²) in [5.41, 5.74) is 1.70. The van der Waals surface area contributed by atoms with Gasteiger partial charge in [0.2, 0.25) is 5.91 Å². The van der Waals surface area contributed by atoms with E-state index in [4.69, 9.17) is 11.6 Å². The first kappa shape index (κ1) is 14.1. The van der Waals surface area contributed by atoms with E-state index in [1.165, 1.54) is 12.8 Å². The third-order valence-electron chi connectivity index (χ3n) is 3.29. The van der Waals surface area contributed by atoms with Crippen LogP contribution in [0.3, 0.4) is 0 Å². The lowest BCUT2D eigenvalue weighted by Crippen LogP contribution is -2.18. The molecule has 2 aromatic rings. The molecule has 1 fully saturated rings. The number of halogens is 1. The number of anilines is 1. The molecule has 1 saturated carbocycles. The Morgan fingerprint density at radius 1 is 1.33 bits per heavy atom. The highest BCUT2D eigenvalue weighted by Crippen LogP contribution is 2.19. The van der Waals surface area contributed by atoms with E-state index in [1.807, 2.05) is 6.20 Å². The summed E-state index contributed by atoms with van der Waals surface area (Å²) in [5.74, 6) is -0.0866. The van der Waals surface area contributed by atoms with Crippen LogP contribution >= 0.6 is 11.6 Å². The normalized spacial score (nSPS) is 14.1. The summed E-state index contributed by atoms with van der Waals surface area (Å²) in [4.78, 5) is 16.2. The number of carbonyl (C=O) groups excluding carboxylic acids is 1. The molecule has 21 heavy (non-hydrogen) atoms. The predicted octanol–water partition coefficient (Wildman–Crippen LogP) is 2.43. The number of nitrogens with one attached hydrogen (secondary N) is 2. The highest BCUT2D eigenvalue weighted by molar-refractivity contribution is 6.30. The quantitative estimate of drug-likeness (QED) is 0.862. The smallest absolute Gasteiger partial charge is 0.244 e. The van der Waals surface area contributed by atoms with Gasteiger partial charge < -0.3 is 15.2 Å². The van der Waals surface area contributed by atoms with Gasteiger partial charge >= 0.3 is 0 Å². The average molecular weight is 305 g/mol. The number of imidazole rings is 1. The van der Waals surface area contributed by atoms with Crippen LogP contribution in [-0.4, -0.2) is 21.5 Å². The molecular formula is C15H17ClN4O. The van der Waals surface area contributed by atoms with E-state index in [2.05, 4.69) is 15.6 Å². The van der Waals surface area contributed by atoms with Crippen molar-refractivity contribution in [1.29, 1.82) is 0 Å². The third-order valence-corrected chi connectivity index (χ3v) is 3.54. The van der Waals surface area contributed by atoms with Gasteiger partial charge in [0.25, 0.3) is 0 Å². The molecule has 3 rings (SSSR count). The van der Waals surface area contributed by atoms with Crippen molar-refractivity contribution in [2.45, 2.75) is 32.0 Å². The van der Waals surface area contributed by atoms with Gasteiger partial charge in [-0.2, -0.15) is 0 Å². The van der Waals surface area contributed by atoms with Crippen LogP contribution in [0, 0.1) is 0 Å². The van der Waals surface area contributed by atoms with Gasteiger partial charge in [-0.3, -0.25) is 4.79 Å². The molecule has 1 aliphatic rings. The second-order valence-electron chi connectivity index (χ2n) is 5.25. The van der Waals surface area contributed by atoms with Crippen molar-refractivity contribution in [3.63, 3.8) is 0 Å². The van der Waals surface area contributed by atoms with Crippen molar-refractivity contribution in [3.05, 3.63) is 47.5 Å². The number of amides is 1. The molecule has 0 saturated heterocycles. The monoisotopic (exact) mass is 304 g/mol. The largest absolute Gasteiger partial charge is 0.328 e. The van der Waals surface area contributed by atoms with Crippen molar-refractivity contribution in [1.82, 2.24) is 14.9 Å². The lowest BCUT2D eigenvalue weighted by atomic mass is 10.3. The minimum Gasteiger partial charge on any atom is -0.328 e. The topological polar surface area (TPSA) is 59.0 Å². The predicted molar refractivity (Wildman–Crippen MR) is 82.2 cm³/mol. The fraction of sp³-hybridized carbons (Fsp3) is 0.333. The maximum absolute atomic E-state index is 11.9. The molecular weight excluding hydrogens is 288 g/mol. The lowest BCUT2D eigenvalue weighted by molar-refractivity contribution is -0.116. The van der Waals surface area contributed by atoms with Crippen LogP contribution in [0.4, 0.5) is 5.69 Å². The molecule has 1 aromatic carbocycles. The molecule has 0 bridgehead atoms. The Balaban J connectivity index is 1.50. The molecule has 0 atom stereocenters. The Bertz CT molecular complexity index is 619. The molecule has 0 spiro atoms. The Labute approximate surface area is 128 Å². The fourth-order valence-electron chi connectivity index (χ4n) is 2.02. The number of hydrogen-bond acceptors (Lipinski definition) is 3. The fourth-order valence-corrected chi connectivity index (χ4v) is 2.15. The second-order valence-corrected chi connectivity index (χ2v) is 5.68. The van der Waals surface area contributed by atoms with Crippen molar-refractivity contribution in [2.24, 2.45) is 0 Å². The minimum atomic E-state index is -0.0866. The summed E-state index contributed by atoms with van der Waals surface area (Å²) in [6.45, 7) is 1.01. The molecule has 1 heterocycles. The van der Waals surface area contributed by atoms with E-state index in [0.29, 0.717) is 11.1 Å². The standard InChI is InChI=1S/C15H17ClN4O/c16-11-1-3-13(4-2-11)19-15(21)9-20-8-14(18-10-20)7-17-12-5-6-12/h1-4,8,10,12,17H,5-7,9H2,(H,19,21). The third kappa shape index (κ3) is 4.31. The molecule has 6 heteroatoms. The van der Waals surface area contributed by atoms with Crippen LogP contribution in [-0.2, 0) is 17.9 Å². The molecule has 1 aliphatic carbocycles. The zero-order valence-corrected chi connectivity index (χ0v) is 12.3. The molecule has 1 aromatic heterocycles. The first-order chi connectivity index (χ1) is 10.2. The van der Waals surface area contributed by atoms with Crippen LogP contribution in [0.2, 0.25) is 5.02 Å². The number of aromatic nitrogens is 2. The Hall–Kier alpha value is -1.85. The number of carbonyl (C=O) groups is 1. The summed E-state index contributed by atoms with van der Waals surface area (Å²) in [7, 11) is 0. The zero-order valence-electron chi connectivity index (χ0n) is 11.6. The van der Waals surface area contributed by atoms with Gasteiger partial charge in [0.15, 0.2) is 0 Å². The first-order valence-corrected chi connectivity index (χ1v) is 7.36. The Morgan fingerprint density at radius 2 is 2.10 bits per heavy atom. The Kier molecular flexibility index (Phi) is 4.22. The van der Waals surface area contributed by atoms with Crippen molar-refractivity contribution >= 4 is 23.2 Å². The van der Waals surface area contributed by atoms with E-state index in [-0.39, 0.29) is 12.5 Å².